The van der Waals surface area contributed by atoms with Crippen molar-refractivity contribution in [2.75, 3.05) is 18.8 Å². The van der Waals surface area contributed by atoms with Crippen molar-refractivity contribution in [1.82, 2.24) is 4.90 Å². The largest absolute Gasteiger partial charge is 0.398 e. The van der Waals surface area contributed by atoms with E-state index in [2.05, 4.69) is 13.8 Å². The van der Waals surface area contributed by atoms with Crippen molar-refractivity contribution in [2.24, 2.45) is 11.8 Å². The molecule has 1 heterocycles. The third-order valence-corrected chi connectivity index (χ3v) is 3.87. The minimum atomic E-state index is -0.412. The Kier molecular flexibility index (Phi) is 3.55. The van der Waals surface area contributed by atoms with E-state index in [1.54, 1.807) is 0 Å². The fourth-order valence-corrected chi connectivity index (χ4v) is 2.35. The van der Waals surface area contributed by atoms with E-state index in [9.17, 15) is 9.18 Å². The van der Waals surface area contributed by atoms with Gasteiger partial charge in [-0.25, -0.2) is 4.39 Å². The fraction of sp³-hybridized carbons (Fsp3) is 0.500. The van der Waals surface area contributed by atoms with Gasteiger partial charge in [0.1, 0.15) is 5.82 Å². The molecule has 0 bridgehead atoms. The Morgan fingerprint density at radius 3 is 2.72 bits per heavy atom. The standard InChI is InChI=1S/C14H19FN2O/c1-9-5-6-17(8-10(9)2)14(18)12-4-3-11(15)7-13(12)16/h3-4,7,9-10H,5-6,8,16H2,1-2H3. The molecule has 2 N–H and O–H groups in total. The third-order valence-electron chi connectivity index (χ3n) is 3.87. The lowest BCUT2D eigenvalue weighted by molar-refractivity contribution is 0.0628. The summed E-state index contributed by atoms with van der Waals surface area (Å²) >= 11 is 0. The van der Waals surface area contributed by atoms with Crippen LogP contribution < -0.4 is 5.73 Å². The van der Waals surface area contributed by atoms with E-state index in [0.717, 1.165) is 19.5 Å². The molecule has 98 valence electrons. The zero-order chi connectivity index (χ0) is 13.3. The lowest BCUT2D eigenvalue weighted by Crippen LogP contribution is -2.42. The molecule has 1 aliphatic heterocycles. The van der Waals surface area contributed by atoms with Gasteiger partial charge in [0.25, 0.3) is 5.91 Å². The van der Waals surface area contributed by atoms with Crippen molar-refractivity contribution in [3.05, 3.63) is 29.6 Å². The number of carbonyl (C=O) groups excluding carboxylic acids is 1. The van der Waals surface area contributed by atoms with Gasteiger partial charge in [-0.1, -0.05) is 13.8 Å². The van der Waals surface area contributed by atoms with Crippen LogP contribution in [0.25, 0.3) is 0 Å². The maximum Gasteiger partial charge on any atom is 0.255 e. The van der Waals surface area contributed by atoms with Crippen LogP contribution in [0.5, 0.6) is 0 Å². The summed E-state index contributed by atoms with van der Waals surface area (Å²) in [6.45, 7) is 5.86. The van der Waals surface area contributed by atoms with E-state index >= 15 is 0 Å². The summed E-state index contributed by atoms with van der Waals surface area (Å²) in [6.07, 6.45) is 1.01. The second-order valence-corrected chi connectivity index (χ2v) is 5.23. The van der Waals surface area contributed by atoms with Crippen molar-refractivity contribution in [3.63, 3.8) is 0 Å². The number of nitrogen functional groups attached to an aromatic ring is 1. The average Bonchev–Trinajstić information content (AvgIpc) is 2.32. The van der Waals surface area contributed by atoms with Crippen molar-refractivity contribution < 1.29 is 9.18 Å². The molecule has 0 spiro atoms. The Morgan fingerprint density at radius 2 is 2.11 bits per heavy atom. The van der Waals surface area contributed by atoms with Gasteiger partial charge in [-0.05, 0) is 36.5 Å². The number of piperidine rings is 1. The summed E-state index contributed by atoms with van der Waals surface area (Å²) in [7, 11) is 0. The number of likely N-dealkylation sites (tertiary alicyclic amines) is 1. The van der Waals surface area contributed by atoms with Gasteiger partial charge in [0.2, 0.25) is 0 Å². The van der Waals surface area contributed by atoms with Crippen LogP contribution in [0.1, 0.15) is 30.6 Å². The summed E-state index contributed by atoms with van der Waals surface area (Å²) in [5.74, 6) is 0.625. The topological polar surface area (TPSA) is 46.3 Å². The number of rotatable bonds is 1. The van der Waals surface area contributed by atoms with E-state index < -0.39 is 5.82 Å². The summed E-state index contributed by atoms with van der Waals surface area (Å²) in [5, 5.41) is 0. The minimum Gasteiger partial charge on any atom is -0.398 e. The molecule has 0 aromatic heterocycles. The third kappa shape index (κ3) is 2.47. The van der Waals surface area contributed by atoms with Gasteiger partial charge in [-0.3, -0.25) is 4.79 Å². The quantitative estimate of drug-likeness (QED) is 0.778. The highest BCUT2D eigenvalue weighted by Gasteiger charge is 2.27. The van der Waals surface area contributed by atoms with Gasteiger partial charge in [0, 0.05) is 18.8 Å². The van der Waals surface area contributed by atoms with Gasteiger partial charge >= 0.3 is 0 Å². The number of anilines is 1. The smallest absolute Gasteiger partial charge is 0.255 e. The van der Waals surface area contributed by atoms with Crippen molar-refractivity contribution in [1.29, 1.82) is 0 Å². The molecule has 1 saturated heterocycles. The van der Waals surface area contributed by atoms with Crippen LogP contribution in [0.15, 0.2) is 18.2 Å². The van der Waals surface area contributed by atoms with Gasteiger partial charge in [0.15, 0.2) is 0 Å². The van der Waals surface area contributed by atoms with Crippen LogP contribution >= 0.6 is 0 Å². The Morgan fingerprint density at radius 1 is 1.39 bits per heavy atom. The Labute approximate surface area is 107 Å². The van der Waals surface area contributed by atoms with Crippen LogP contribution in [0.2, 0.25) is 0 Å². The molecule has 1 fully saturated rings. The van der Waals surface area contributed by atoms with Gasteiger partial charge in [-0.2, -0.15) is 0 Å². The Bertz CT molecular complexity index is 461. The first-order valence-electron chi connectivity index (χ1n) is 6.33. The minimum absolute atomic E-state index is 0.0914. The molecule has 1 aromatic rings. The molecule has 0 aliphatic carbocycles. The fourth-order valence-electron chi connectivity index (χ4n) is 2.35. The van der Waals surface area contributed by atoms with E-state index in [4.69, 9.17) is 5.73 Å². The molecule has 0 saturated carbocycles. The molecule has 1 aromatic carbocycles. The molecular weight excluding hydrogens is 231 g/mol. The number of carbonyl (C=O) groups is 1. The van der Waals surface area contributed by atoms with Crippen LogP contribution in [0.3, 0.4) is 0 Å². The van der Waals surface area contributed by atoms with E-state index in [1.807, 2.05) is 4.90 Å². The highest BCUT2D eigenvalue weighted by Crippen LogP contribution is 2.25. The molecule has 4 heteroatoms. The number of hydrogen-bond donors (Lipinski definition) is 1. The molecule has 1 amide bonds. The number of amides is 1. The van der Waals surface area contributed by atoms with Gasteiger partial charge in [0.05, 0.1) is 5.56 Å². The highest BCUT2D eigenvalue weighted by molar-refractivity contribution is 5.99. The maximum absolute atomic E-state index is 13.0. The predicted octanol–water partition coefficient (Wildman–Crippen LogP) is 2.53. The van der Waals surface area contributed by atoms with E-state index in [0.29, 0.717) is 17.4 Å². The Hall–Kier alpha value is -1.58. The van der Waals surface area contributed by atoms with Crippen LogP contribution in [0.4, 0.5) is 10.1 Å². The van der Waals surface area contributed by atoms with Gasteiger partial charge in [-0.15, -0.1) is 0 Å². The molecular formula is C14H19FN2O. The van der Waals surface area contributed by atoms with E-state index in [1.165, 1.54) is 18.2 Å². The summed E-state index contributed by atoms with van der Waals surface area (Å²) in [5.41, 5.74) is 6.32. The number of halogens is 1. The number of nitrogens with two attached hydrogens (primary N) is 1. The molecule has 2 rings (SSSR count). The van der Waals surface area contributed by atoms with Crippen molar-refractivity contribution in [3.8, 4) is 0 Å². The second kappa shape index (κ2) is 4.96. The second-order valence-electron chi connectivity index (χ2n) is 5.23. The zero-order valence-corrected chi connectivity index (χ0v) is 10.8. The first-order valence-corrected chi connectivity index (χ1v) is 6.33. The van der Waals surface area contributed by atoms with Crippen LogP contribution in [-0.4, -0.2) is 23.9 Å². The predicted molar refractivity (Wildman–Crippen MR) is 69.7 cm³/mol. The SMILES string of the molecule is CC1CCN(C(=O)c2ccc(F)cc2N)CC1C. The number of hydrogen-bond acceptors (Lipinski definition) is 2. The first kappa shape index (κ1) is 12.9. The van der Waals surface area contributed by atoms with Crippen molar-refractivity contribution >= 4 is 11.6 Å². The van der Waals surface area contributed by atoms with E-state index in [-0.39, 0.29) is 11.6 Å². The average molecular weight is 250 g/mol. The zero-order valence-electron chi connectivity index (χ0n) is 10.8. The first-order chi connectivity index (χ1) is 8.49. The molecule has 0 radical (unpaired) electrons. The molecule has 2 atom stereocenters. The number of nitrogens with zero attached hydrogens (tertiary/aromatic N) is 1. The molecule has 3 nitrogen and oxygen atoms in total. The summed E-state index contributed by atoms with van der Waals surface area (Å²) < 4.78 is 13.0. The summed E-state index contributed by atoms with van der Waals surface area (Å²) in [4.78, 5) is 14.1. The number of benzene rings is 1. The van der Waals surface area contributed by atoms with Crippen molar-refractivity contribution in [2.45, 2.75) is 20.3 Å². The molecule has 18 heavy (non-hydrogen) atoms. The lowest BCUT2D eigenvalue weighted by atomic mass is 9.88. The monoisotopic (exact) mass is 250 g/mol. The van der Waals surface area contributed by atoms with Crippen LogP contribution in [0, 0.1) is 17.7 Å². The Balaban J connectivity index is 2.16. The van der Waals surface area contributed by atoms with Crippen LogP contribution in [-0.2, 0) is 0 Å². The molecule has 2 unspecified atom stereocenters. The molecule has 1 aliphatic rings. The highest BCUT2D eigenvalue weighted by atomic mass is 19.1. The maximum atomic E-state index is 13.0. The lowest BCUT2D eigenvalue weighted by Gasteiger charge is -2.35. The summed E-state index contributed by atoms with van der Waals surface area (Å²) in [6, 6.07) is 3.94. The normalized spacial score (nSPS) is 24.1. The van der Waals surface area contributed by atoms with Gasteiger partial charge < -0.3 is 10.6 Å².